The lowest BCUT2D eigenvalue weighted by Crippen LogP contribution is -2.29. The van der Waals surface area contributed by atoms with E-state index in [-0.39, 0.29) is 0 Å². The smallest absolute Gasteiger partial charge is 0.0800 e. The van der Waals surface area contributed by atoms with Crippen molar-refractivity contribution < 1.29 is 0 Å². The molecular formula is C14H18N4. The van der Waals surface area contributed by atoms with Crippen molar-refractivity contribution >= 4 is 5.69 Å². The maximum Gasteiger partial charge on any atom is 0.0800 e. The lowest BCUT2D eigenvalue weighted by Gasteiger charge is -2.28. The van der Waals surface area contributed by atoms with E-state index in [0.29, 0.717) is 0 Å². The van der Waals surface area contributed by atoms with E-state index in [2.05, 4.69) is 39.5 Å². The predicted molar refractivity (Wildman–Crippen MR) is 72.2 cm³/mol. The summed E-state index contributed by atoms with van der Waals surface area (Å²) in [6.07, 6.45) is 5.93. The normalized spacial score (nSPS) is 15.9. The summed E-state index contributed by atoms with van der Waals surface area (Å²) >= 11 is 0. The fourth-order valence-corrected chi connectivity index (χ4v) is 2.44. The van der Waals surface area contributed by atoms with Gasteiger partial charge in [0.25, 0.3) is 0 Å². The molecule has 1 fully saturated rings. The van der Waals surface area contributed by atoms with Crippen molar-refractivity contribution in [2.45, 2.75) is 26.2 Å². The Kier molecular flexibility index (Phi) is 3.00. The number of anilines is 1. The summed E-state index contributed by atoms with van der Waals surface area (Å²) in [6.45, 7) is 4.31. The molecule has 0 amide bonds. The Balaban J connectivity index is 1.80. The second-order valence-corrected chi connectivity index (χ2v) is 4.87. The highest BCUT2D eigenvalue weighted by molar-refractivity contribution is 5.51. The van der Waals surface area contributed by atoms with Crippen molar-refractivity contribution in [2.24, 2.45) is 0 Å². The van der Waals surface area contributed by atoms with E-state index in [0.717, 1.165) is 11.4 Å². The van der Waals surface area contributed by atoms with E-state index in [4.69, 9.17) is 0 Å². The molecule has 0 atom stereocenters. The van der Waals surface area contributed by atoms with Gasteiger partial charge in [0.05, 0.1) is 17.6 Å². The van der Waals surface area contributed by atoms with E-state index in [1.165, 1.54) is 38.0 Å². The quantitative estimate of drug-likeness (QED) is 0.811. The van der Waals surface area contributed by atoms with Crippen LogP contribution < -0.4 is 4.90 Å². The number of benzene rings is 1. The Morgan fingerprint density at radius 2 is 1.61 bits per heavy atom. The highest BCUT2D eigenvalue weighted by Crippen LogP contribution is 2.21. The summed E-state index contributed by atoms with van der Waals surface area (Å²) in [6, 6.07) is 8.57. The zero-order valence-corrected chi connectivity index (χ0v) is 10.7. The first kappa shape index (κ1) is 11.3. The molecular weight excluding hydrogens is 224 g/mol. The highest BCUT2D eigenvalue weighted by Gasteiger charge is 2.10. The van der Waals surface area contributed by atoms with Crippen LogP contribution in [0.3, 0.4) is 0 Å². The summed E-state index contributed by atoms with van der Waals surface area (Å²) in [5.74, 6) is 0. The van der Waals surface area contributed by atoms with E-state index in [1.807, 2.05) is 17.8 Å². The Morgan fingerprint density at radius 1 is 0.944 bits per heavy atom. The molecule has 4 nitrogen and oxygen atoms in total. The van der Waals surface area contributed by atoms with Crippen LogP contribution in [-0.4, -0.2) is 28.1 Å². The highest BCUT2D eigenvalue weighted by atomic mass is 15.4. The van der Waals surface area contributed by atoms with Gasteiger partial charge in [0.15, 0.2) is 0 Å². The maximum absolute atomic E-state index is 4.08. The van der Waals surface area contributed by atoms with Crippen molar-refractivity contribution in [1.82, 2.24) is 15.0 Å². The van der Waals surface area contributed by atoms with Gasteiger partial charge in [-0.25, -0.2) is 4.68 Å². The SMILES string of the molecule is Cc1cn(-c2ccc(N3CCCCC3)cc2)nn1. The first-order valence-corrected chi connectivity index (χ1v) is 6.57. The number of rotatable bonds is 2. The van der Waals surface area contributed by atoms with Gasteiger partial charge < -0.3 is 4.90 Å². The van der Waals surface area contributed by atoms with Crippen molar-refractivity contribution in [3.8, 4) is 5.69 Å². The van der Waals surface area contributed by atoms with Gasteiger partial charge >= 0.3 is 0 Å². The summed E-state index contributed by atoms with van der Waals surface area (Å²) in [5, 5.41) is 8.09. The van der Waals surface area contributed by atoms with Crippen LogP contribution in [0.2, 0.25) is 0 Å². The van der Waals surface area contributed by atoms with Gasteiger partial charge in [0, 0.05) is 18.8 Å². The predicted octanol–water partition coefficient (Wildman–Crippen LogP) is 2.57. The largest absolute Gasteiger partial charge is 0.372 e. The molecule has 0 saturated carbocycles. The Bertz CT molecular complexity index is 509. The zero-order valence-electron chi connectivity index (χ0n) is 10.7. The van der Waals surface area contributed by atoms with Crippen molar-refractivity contribution in [1.29, 1.82) is 0 Å². The molecule has 1 aliphatic rings. The van der Waals surface area contributed by atoms with Crippen LogP contribution in [0.25, 0.3) is 5.69 Å². The van der Waals surface area contributed by atoms with Crippen LogP contribution in [-0.2, 0) is 0 Å². The maximum atomic E-state index is 4.08. The van der Waals surface area contributed by atoms with Gasteiger partial charge in [-0.05, 0) is 50.5 Å². The number of piperidine rings is 1. The van der Waals surface area contributed by atoms with Gasteiger partial charge in [0.2, 0.25) is 0 Å². The molecule has 0 spiro atoms. The minimum Gasteiger partial charge on any atom is -0.372 e. The van der Waals surface area contributed by atoms with Crippen molar-refractivity contribution in [2.75, 3.05) is 18.0 Å². The first-order valence-electron chi connectivity index (χ1n) is 6.57. The van der Waals surface area contributed by atoms with E-state index < -0.39 is 0 Å². The Hall–Kier alpha value is -1.84. The van der Waals surface area contributed by atoms with Gasteiger partial charge in [0.1, 0.15) is 0 Å². The first-order chi connectivity index (χ1) is 8.83. The van der Waals surface area contributed by atoms with Crippen LogP contribution >= 0.6 is 0 Å². The summed E-state index contributed by atoms with van der Waals surface area (Å²) < 4.78 is 1.81. The van der Waals surface area contributed by atoms with Gasteiger partial charge in [-0.1, -0.05) is 5.21 Å². The Morgan fingerprint density at radius 3 is 2.22 bits per heavy atom. The molecule has 4 heteroatoms. The minimum absolute atomic E-state index is 0.940. The van der Waals surface area contributed by atoms with Crippen LogP contribution in [0, 0.1) is 6.92 Å². The number of nitrogens with zero attached hydrogens (tertiary/aromatic N) is 4. The fourth-order valence-electron chi connectivity index (χ4n) is 2.44. The molecule has 0 unspecified atom stereocenters. The Labute approximate surface area is 107 Å². The van der Waals surface area contributed by atoms with Crippen LogP contribution in [0.5, 0.6) is 0 Å². The fraction of sp³-hybridized carbons (Fsp3) is 0.429. The molecule has 0 bridgehead atoms. The molecule has 0 aliphatic carbocycles. The third-order valence-electron chi connectivity index (χ3n) is 3.44. The molecule has 3 rings (SSSR count). The molecule has 94 valence electrons. The summed E-state index contributed by atoms with van der Waals surface area (Å²) in [4.78, 5) is 2.46. The number of aromatic nitrogens is 3. The molecule has 18 heavy (non-hydrogen) atoms. The molecule has 1 saturated heterocycles. The van der Waals surface area contributed by atoms with Crippen LogP contribution in [0.15, 0.2) is 30.5 Å². The third-order valence-corrected chi connectivity index (χ3v) is 3.44. The summed E-state index contributed by atoms with van der Waals surface area (Å²) in [7, 11) is 0. The summed E-state index contributed by atoms with van der Waals surface area (Å²) in [5.41, 5.74) is 3.32. The standard InChI is InChI=1S/C14H18N4/c1-12-11-18(16-15-12)14-7-5-13(6-8-14)17-9-3-2-4-10-17/h5-8,11H,2-4,9-10H2,1H3. The molecule has 1 aromatic carbocycles. The van der Waals surface area contributed by atoms with E-state index in [1.54, 1.807) is 0 Å². The second kappa shape index (κ2) is 4.80. The molecule has 0 radical (unpaired) electrons. The van der Waals surface area contributed by atoms with Crippen LogP contribution in [0.4, 0.5) is 5.69 Å². The monoisotopic (exact) mass is 242 g/mol. The van der Waals surface area contributed by atoms with Gasteiger partial charge in [-0.3, -0.25) is 0 Å². The molecule has 0 N–H and O–H groups in total. The lowest BCUT2D eigenvalue weighted by molar-refractivity contribution is 0.578. The van der Waals surface area contributed by atoms with E-state index >= 15 is 0 Å². The zero-order chi connectivity index (χ0) is 12.4. The topological polar surface area (TPSA) is 34.0 Å². The number of hydrogen-bond donors (Lipinski definition) is 0. The van der Waals surface area contributed by atoms with E-state index in [9.17, 15) is 0 Å². The average molecular weight is 242 g/mol. The average Bonchev–Trinajstić information content (AvgIpc) is 2.87. The van der Waals surface area contributed by atoms with Crippen molar-refractivity contribution in [3.63, 3.8) is 0 Å². The molecule has 1 aromatic heterocycles. The number of hydrogen-bond acceptors (Lipinski definition) is 3. The molecule has 1 aliphatic heterocycles. The van der Waals surface area contributed by atoms with Gasteiger partial charge in [-0.2, -0.15) is 0 Å². The molecule has 2 heterocycles. The van der Waals surface area contributed by atoms with Crippen LogP contribution in [0.1, 0.15) is 25.0 Å². The van der Waals surface area contributed by atoms with Crippen molar-refractivity contribution in [3.05, 3.63) is 36.2 Å². The number of aryl methyl sites for hydroxylation is 1. The molecule has 2 aromatic rings. The lowest BCUT2D eigenvalue weighted by atomic mass is 10.1. The minimum atomic E-state index is 0.940. The van der Waals surface area contributed by atoms with Gasteiger partial charge in [-0.15, -0.1) is 5.10 Å². The third kappa shape index (κ3) is 2.23. The second-order valence-electron chi connectivity index (χ2n) is 4.87.